The molecule has 2 aromatic rings. The standard InChI is InChI=1S/C23H31N3O/c1-2-26-15-16-27-22(23(26)19-7-4-3-5-8-19)17-25-20-11-10-18-9-6-14-24-21(18)13-12-20/h3-9,14,20,22-23,25H,2,10-13,15-17H2,1H3/t20?,22-,23-/m0/s1. The highest BCUT2D eigenvalue weighted by molar-refractivity contribution is 5.22. The van der Waals surface area contributed by atoms with Gasteiger partial charge in [0.25, 0.3) is 0 Å². The molecule has 1 aliphatic carbocycles. The minimum absolute atomic E-state index is 0.199. The zero-order valence-corrected chi connectivity index (χ0v) is 16.3. The first-order valence-corrected chi connectivity index (χ1v) is 10.4. The van der Waals surface area contributed by atoms with Gasteiger partial charge in [0.1, 0.15) is 0 Å². The molecule has 0 radical (unpaired) electrons. The van der Waals surface area contributed by atoms with E-state index in [0.717, 1.165) is 45.5 Å². The van der Waals surface area contributed by atoms with Gasteiger partial charge >= 0.3 is 0 Å². The first-order chi connectivity index (χ1) is 13.3. The van der Waals surface area contributed by atoms with Crippen LogP contribution in [0.2, 0.25) is 0 Å². The summed E-state index contributed by atoms with van der Waals surface area (Å²) in [6.07, 6.45) is 6.65. The summed E-state index contributed by atoms with van der Waals surface area (Å²) in [6.45, 7) is 6.05. The fourth-order valence-electron chi connectivity index (χ4n) is 4.58. The van der Waals surface area contributed by atoms with Gasteiger partial charge < -0.3 is 10.1 Å². The summed E-state index contributed by atoms with van der Waals surface area (Å²) in [4.78, 5) is 7.13. The Labute approximate surface area is 162 Å². The number of nitrogens with zero attached hydrogens (tertiary/aromatic N) is 2. The van der Waals surface area contributed by atoms with Crippen LogP contribution in [0.4, 0.5) is 0 Å². The van der Waals surface area contributed by atoms with Crippen LogP contribution in [-0.4, -0.2) is 48.3 Å². The fourth-order valence-corrected chi connectivity index (χ4v) is 4.58. The second-order valence-corrected chi connectivity index (χ2v) is 7.69. The van der Waals surface area contributed by atoms with Gasteiger partial charge in [-0.05, 0) is 49.4 Å². The summed E-state index contributed by atoms with van der Waals surface area (Å²) >= 11 is 0. The predicted molar refractivity (Wildman–Crippen MR) is 109 cm³/mol. The zero-order chi connectivity index (χ0) is 18.5. The van der Waals surface area contributed by atoms with E-state index in [1.54, 1.807) is 0 Å². The van der Waals surface area contributed by atoms with Crippen LogP contribution in [0.3, 0.4) is 0 Å². The van der Waals surface area contributed by atoms with Crippen LogP contribution in [0.5, 0.6) is 0 Å². The molecule has 1 N–H and O–H groups in total. The van der Waals surface area contributed by atoms with Gasteiger partial charge in [-0.3, -0.25) is 9.88 Å². The number of hydrogen-bond donors (Lipinski definition) is 1. The van der Waals surface area contributed by atoms with Crippen LogP contribution in [0.1, 0.15) is 42.6 Å². The molecule has 0 saturated carbocycles. The largest absolute Gasteiger partial charge is 0.374 e. The van der Waals surface area contributed by atoms with Crippen molar-refractivity contribution in [2.45, 2.75) is 50.8 Å². The SMILES string of the molecule is CCN1CCO[C@@H](CNC2CCc3cccnc3CC2)[C@@H]1c1ccccc1. The lowest BCUT2D eigenvalue weighted by Gasteiger charge is -2.41. The Hall–Kier alpha value is -1.75. The van der Waals surface area contributed by atoms with Crippen molar-refractivity contribution in [3.05, 3.63) is 65.5 Å². The van der Waals surface area contributed by atoms with E-state index >= 15 is 0 Å². The molecule has 1 fully saturated rings. The number of hydrogen-bond acceptors (Lipinski definition) is 4. The Morgan fingerprint density at radius 1 is 1.11 bits per heavy atom. The second-order valence-electron chi connectivity index (χ2n) is 7.69. The van der Waals surface area contributed by atoms with Crippen LogP contribution < -0.4 is 5.32 Å². The maximum atomic E-state index is 6.24. The summed E-state index contributed by atoms with van der Waals surface area (Å²) in [5.41, 5.74) is 4.08. The number of aryl methyl sites for hydroxylation is 2. The highest BCUT2D eigenvalue weighted by Gasteiger charge is 2.33. The van der Waals surface area contributed by atoms with Crippen LogP contribution in [0.25, 0.3) is 0 Å². The maximum Gasteiger partial charge on any atom is 0.0896 e. The summed E-state index contributed by atoms with van der Waals surface area (Å²) in [6, 6.07) is 16.0. The molecule has 144 valence electrons. The van der Waals surface area contributed by atoms with E-state index in [2.05, 4.69) is 64.6 Å². The van der Waals surface area contributed by atoms with Crippen molar-refractivity contribution in [1.29, 1.82) is 0 Å². The first-order valence-electron chi connectivity index (χ1n) is 10.4. The van der Waals surface area contributed by atoms with E-state index in [9.17, 15) is 0 Å². The number of aromatic nitrogens is 1. The van der Waals surface area contributed by atoms with Gasteiger partial charge in [-0.25, -0.2) is 0 Å². The number of benzene rings is 1. The van der Waals surface area contributed by atoms with Gasteiger partial charge in [0.15, 0.2) is 0 Å². The molecule has 4 rings (SSSR count). The number of fused-ring (bicyclic) bond motifs is 1. The van der Waals surface area contributed by atoms with Crippen LogP contribution in [0.15, 0.2) is 48.7 Å². The Morgan fingerprint density at radius 3 is 2.81 bits per heavy atom. The molecule has 1 aromatic heterocycles. The molecule has 1 unspecified atom stereocenters. The highest BCUT2D eigenvalue weighted by Crippen LogP contribution is 2.29. The number of pyridine rings is 1. The Kier molecular flexibility index (Phi) is 6.17. The van der Waals surface area contributed by atoms with Gasteiger partial charge in [0, 0.05) is 31.0 Å². The number of nitrogens with one attached hydrogen (secondary N) is 1. The molecule has 0 spiro atoms. The third kappa shape index (κ3) is 4.40. The normalized spacial score (nSPS) is 26.3. The second kappa shape index (κ2) is 8.96. The lowest BCUT2D eigenvalue weighted by Crippen LogP contribution is -2.50. The first kappa shape index (κ1) is 18.6. The molecular formula is C23H31N3O. The van der Waals surface area contributed by atoms with E-state index in [-0.39, 0.29) is 6.10 Å². The minimum atomic E-state index is 0.199. The van der Waals surface area contributed by atoms with Crippen molar-refractivity contribution >= 4 is 0 Å². The third-order valence-electron chi connectivity index (χ3n) is 6.09. The van der Waals surface area contributed by atoms with Gasteiger partial charge in [0.05, 0.1) is 18.8 Å². The molecule has 2 aliphatic rings. The van der Waals surface area contributed by atoms with Crippen molar-refractivity contribution in [1.82, 2.24) is 15.2 Å². The van der Waals surface area contributed by atoms with Crippen molar-refractivity contribution in [2.75, 3.05) is 26.2 Å². The molecule has 1 saturated heterocycles. The van der Waals surface area contributed by atoms with E-state index in [0.29, 0.717) is 12.1 Å². The maximum absolute atomic E-state index is 6.24. The number of likely N-dealkylation sites (N-methyl/N-ethyl adjacent to an activating group) is 1. The molecule has 4 nitrogen and oxygen atoms in total. The summed E-state index contributed by atoms with van der Waals surface area (Å²) < 4.78 is 6.24. The average Bonchev–Trinajstić information content (AvgIpc) is 2.95. The molecule has 0 bridgehead atoms. The van der Waals surface area contributed by atoms with Crippen molar-refractivity contribution in [3.8, 4) is 0 Å². The smallest absolute Gasteiger partial charge is 0.0896 e. The van der Waals surface area contributed by atoms with Crippen molar-refractivity contribution in [2.24, 2.45) is 0 Å². The third-order valence-corrected chi connectivity index (χ3v) is 6.09. The summed E-state index contributed by atoms with van der Waals surface area (Å²) in [7, 11) is 0. The number of ether oxygens (including phenoxy) is 1. The topological polar surface area (TPSA) is 37.4 Å². The fraction of sp³-hybridized carbons (Fsp3) is 0.522. The highest BCUT2D eigenvalue weighted by atomic mass is 16.5. The minimum Gasteiger partial charge on any atom is -0.374 e. The van der Waals surface area contributed by atoms with Crippen LogP contribution >= 0.6 is 0 Å². The van der Waals surface area contributed by atoms with E-state index in [1.807, 2.05) is 6.20 Å². The predicted octanol–water partition coefficient (Wildman–Crippen LogP) is 3.38. The van der Waals surface area contributed by atoms with Gasteiger partial charge in [-0.1, -0.05) is 43.3 Å². The number of morpholine rings is 1. The molecule has 2 heterocycles. The lowest BCUT2D eigenvalue weighted by molar-refractivity contribution is -0.0703. The Morgan fingerprint density at radius 2 is 1.96 bits per heavy atom. The Balaban J connectivity index is 1.40. The lowest BCUT2D eigenvalue weighted by atomic mass is 9.97. The monoisotopic (exact) mass is 365 g/mol. The average molecular weight is 366 g/mol. The van der Waals surface area contributed by atoms with Crippen LogP contribution in [-0.2, 0) is 17.6 Å². The van der Waals surface area contributed by atoms with Gasteiger partial charge in [0.2, 0.25) is 0 Å². The number of rotatable bonds is 5. The van der Waals surface area contributed by atoms with Crippen LogP contribution in [0, 0.1) is 0 Å². The molecule has 4 heteroatoms. The summed E-state index contributed by atoms with van der Waals surface area (Å²) in [5.74, 6) is 0. The van der Waals surface area contributed by atoms with Crippen molar-refractivity contribution < 1.29 is 4.74 Å². The summed E-state index contributed by atoms with van der Waals surface area (Å²) in [5, 5.41) is 3.83. The van der Waals surface area contributed by atoms with E-state index in [1.165, 1.54) is 23.2 Å². The van der Waals surface area contributed by atoms with E-state index < -0.39 is 0 Å². The van der Waals surface area contributed by atoms with Gasteiger partial charge in [-0.15, -0.1) is 0 Å². The quantitative estimate of drug-likeness (QED) is 0.825. The molecule has 1 aliphatic heterocycles. The van der Waals surface area contributed by atoms with Gasteiger partial charge in [-0.2, -0.15) is 0 Å². The van der Waals surface area contributed by atoms with E-state index in [4.69, 9.17) is 4.74 Å². The molecule has 27 heavy (non-hydrogen) atoms. The molecule has 0 amide bonds. The Bertz CT molecular complexity index is 694. The molecular weight excluding hydrogens is 334 g/mol. The zero-order valence-electron chi connectivity index (χ0n) is 16.3. The molecule has 3 atom stereocenters. The van der Waals surface area contributed by atoms with Crippen molar-refractivity contribution in [3.63, 3.8) is 0 Å². The molecule has 1 aromatic carbocycles.